The highest BCUT2D eigenvalue weighted by Crippen LogP contribution is 2.32. The van der Waals surface area contributed by atoms with Crippen LogP contribution in [0.15, 0.2) is 88.7 Å². The number of carbonyl (C=O) groups excluding carboxylic acids is 1. The van der Waals surface area contributed by atoms with Crippen LogP contribution in [0, 0.1) is 0 Å². The van der Waals surface area contributed by atoms with Crippen molar-refractivity contribution in [2.75, 3.05) is 6.26 Å². The second-order valence-electron chi connectivity index (χ2n) is 8.13. The van der Waals surface area contributed by atoms with Crippen molar-refractivity contribution in [1.29, 1.82) is 0 Å². The Morgan fingerprint density at radius 1 is 0.912 bits per heavy atom. The lowest BCUT2D eigenvalue weighted by Gasteiger charge is -2.14. The average Bonchev–Trinajstić information content (AvgIpc) is 3.20. The van der Waals surface area contributed by atoms with Crippen molar-refractivity contribution in [3.8, 4) is 22.3 Å². The van der Waals surface area contributed by atoms with Crippen molar-refractivity contribution < 1.29 is 17.9 Å². The Bertz CT molecular complexity index is 1570. The van der Waals surface area contributed by atoms with Crippen LogP contribution in [-0.2, 0) is 27.7 Å². The van der Waals surface area contributed by atoms with Crippen LogP contribution in [0.4, 0.5) is 0 Å². The van der Waals surface area contributed by atoms with Crippen molar-refractivity contribution in [2.45, 2.75) is 18.0 Å². The van der Waals surface area contributed by atoms with Gasteiger partial charge in [0.2, 0.25) is 0 Å². The normalized spacial score (nSPS) is 12.9. The highest BCUT2D eigenvalue weighted by atomic mass is 32.2. The second-order valence-corrected chi connectivity index (χ2v) is 10.1. The molecule has 4 aromatic rings. The number of esters is 1. The van der Waals surface area contributed by atoms with Crippen molar-refractivity contribution in [3.05, 3.63) is 106 Å². The third-order valence-electron chi connectivity index (χ3n) is 5.79. The Kier molecular flexibility index (Phi) is 5.37. The molecule has 1 aliphatic heterocycles. The number of hydrogen-bond donors (Lipinski definition) is 0. The number of nitrogens with zero attached hydrogens (tertiary/aromatic N) is 2. The molecule has 0 N–H and O–H groups in total. The van der Waals surface area contributed by atoms with Crippen LogP contribution >= 0.6 is 0 Å². The van der Waals surface area contributed by atoms with Crippen LogP contribution in [0.1, 0.15) is 21.5 Å². The quantitative estimate of drug-likeness (QED) is 0.411. The molecule has 0 aliphatic carbocycles. The minimum atomic E-state index is -3.35. The lowest BCUT2D eigenvalue weighted by atomic mass is 9.95. The Labute approximate surface area is 196 Å². The Hall–Kier alpha value is -4.04. The van der Waals surface area contributed by atoms with Crippen LogP contribution in [0.25, 0.3) is 22.3 Å². The van der Waals surface area contributed by atoms with Gasteiger partial charge in [-0.25, -0.2) is 17.9 Å². The van der Waals surface area contributed by atoms with Gasteiger partial charge in [-0.3, -0.25) is 4.79 Å². The van der Waals surface area contributed by atoms with Crippen molar-refractivity contribution in [1.82, 2.24) is 9.78 Å². The summed E-state index contributed by atoms with van der Waals surface area (Å²) in [5.74, 6) is -0.380. The number of hydrogen-bond acceptors (Lipinski definition) is 6. The number of sulfone groups is 1. The summed E-state index contributed by atoms with van der Waals surface area (Å²) in [6.45, 7) is 0.455. The van der Waals surface area contributed by atoms with Gasteiger partial charge >= 0.3 is 5.97 Å². The molecule has 0 atom stereocenters. The first-order chi connectivity index (χ1) is 16.3. The molecule has 34 heavy (non-hydrogen) atoms. The van der Waals surface area contributed by atoms with E-state index in [-0.39, 0.29) is 23.0 Å². The third kappa shape index (κ3) is 4.04. The molecule has 7 nitrogen and oxygen atoms in total. The van der Waals surface area contributed by atoms with E-state index >= 15 is 0 Å². The van der Waals surface area contributed by atoms with Crippen LogP contribution in [-0.4, -0.2) is 30.4 Å². The van der Waals surface area contributed by atoms with Crippen LogP contribution in [0.2, 0.25) is 0 Å². The van der Waals surface area contributed by atoms with Crippen molar-refractivity contribution in [3.63, 3.8) is 0 Å². The Balaban J connectivity index is 1.68. The third-order valence-corrected chi connectivity index (χ3v) is 6.91. The highest BCUT2D eigenvalue weighted by Gasteiger charge is 2.23. The van der Waals surface area contributed by atoms with Crippen molar-refractivity contribution in [2.24, 2.45) is 0 Å². The molecule has 3 aromatic carbocycles. The number of fused-ring (bicyclic) bond motifs is 1. The topological polar surface area (TPSA) is 95.3 Å². The summed E-state index contributed by atoms with van der Waals surface area (Å²) < 4.78 is 30.3. The molecule has 8 heteroatoms. The minimum absolute atomic E-state index is 0.156. The maximum absolute atomic E-state index is 13.7. The molecular formula is C26H20N2O5S. The Morgan fingerprint density at radius 3 is 2.32 bits per heavy atom. The fraction of sp³-hybridized carbons (Fsp3) is 0.115. The smallest absolute Gasteiger partial charge is 0.338 e. The minimum Gasteiger partial charge on any atom is -0.457 e. The molecule has 0 saturated carbocycles. The number of benzene rings is 3. The Morgan fingerprint density at radius 2 is 1.62 bits per heavy atom. The fourth-order valence-corrected chi connectivity index (χ4v) is 4.66. The summed E-state index contributed by atoms with van der Waals surface area (Å²) in [6.07, 6.45) is 2.76. The standard InChI is InChI=1S/C26H20N2O5S/c1-34(31,32)21-10-7-18(8-11-21)23-14-27-28(15-17-5-3-2-4-6-17)25(29)24(23)19-9-12-22-20(13-19)16-33-26(22)30/h2-14H,15-16H2,1H3. The first-order valence-electron chi connectivity index (χ1n) is 10.6. The van der Waals surface area contributed by atoms with E-state index in [0.717, 1.165) is 11.8 Å². The number of carbonyl (C=O) groups is 1. The monoisotopic (exact) mass is 472 g/mol. The first-order valence-corrected chi connectivity index (χ1v) is 12.5. The fourth-order valence-electron chi connectivity index (χ4n) is 4.03. The maximum Gasteiger partial charge on any atom is 0.338 e. The molecular weight excluding hydrogens is 452 g/mol. The number of ether oxygens (including phenoxy) is 1. The summed E-state index contributed by atoms with van der Waals surface area (Å²) in [5.41, 5.74) is 4.12. The van der Waals surface area contributed by atoms with Crippen LogP contribution in [0.3, 0.4) is 0 Å². The van der Waals surface area contributed by atoms with Gasteiger partial charge in [0, 0.05) is 17.4 Å². The lowest BCUT2D eigenvalue weighted by Crippen LogP contribution is -2.25. The summed E-state index contributed by atoms with van der Waals surface area (Å²) in [7, 11) is -3.35. The molecule has 0 unspecified atom stereocenters. The first kappa shape index (κ1) is 21.8. The zero-order valence-electron chi connectivity index (χ0n) is 18.3. The van der Waals surface area contributed by atoms with E-state index in [0.29, 0.717) is 39.9 Å². The second kappa shape index (κ2) is 8.39. The molecule has 170 valence electrons. The van der Waals surface area contributed by atoms with Gasteiger partial charge in [-0.05, 0) is 41.0 Å². The van der Waals surface area contributed by atoms with Crippen LogP contribution in [0.5, 0.6) is 0 Å². The zero-order chi connectivity index (χ0) is 23.9. The summed E-state index contributed by atoms with van der Waals surface area (Å²) in [5, 5.41) is 4.40. The van der Waals surface area contributed by atoms with E-state index in [2.05, 4.69) is 5.10 Å². The number of cyclic esters (lactones) is 1. The molecule has 1 aliphatic rings. The summed E-state index contributed by atoms with van der Waals surface area (Å²) in [4.78, 5) is 25.7. The van der Waals surface area contributed by atoms with Gasteiger partial charge in [-0.1, -0.05) is 48.5 Å². The largest absolute Gasteiger partial charge is 0.457 e. The predicted molar refractivity (Wildman–Crippen MR) is 127 cm³/mol. The SMILES string of the molecule is CS(=O)(=O)c1ccc(-c2cnn(Cc3ccccc3)c(=O)c2-c2ccc3c(c2)COC3=O)cc1. The van der Waals surface area contributed by atoms with Gasteiger partial charge in [0.25, 0.3) is 5.56 Å². The van der Waals surface area contributed by atoms with Crippen molar-refractivity contribution >= 4 is 15.8 Å². The molecule has 0 bridgehead atoms. The van der Waals surface area contributed by atoms with Crippen LogP contribution < -0.4 is 5.56 Å². The lowest BCUT2D eigenvalue weighted by molar-refractivity contribution is 0.0535. The number of aromatic nitrogens is 2. The molecule has 2 heterocycles. The van der Waals surface area contributed by atoms with E-state index < -0.39 is 9.84 Å². The maximum atomic E-state index is 13.7. The molecule has 0 fully saturated rings. The zero-order valence-corrected chi connectivity index (χ0v) is 19.1. The van der Waals surface area contributed by atoms with Gasteiger partial charge in [0.1, 0.15) is 6.61 Å². The number of rotatable bonds is 5. The van der Waals surface area contributed by atoms with E-state index in [1.54, 1.807) is 36.5 Å². The summed E-state index contributed by atoms with van der Waals surface area (Å²) >= 11 is 0. The average molecular weight is 473 g/mol. The van der Waals surface area contributed by atoms with Gasteiger partial charge in [-0.2, -0.15) is 5.10 Å². The van der Waals surface area contributed by atoms with Gasteiger partial charge in [0.05, 0.1) is 28.8 Å². The van der Waals surface area contributed by atoms with E-state index in [4.69, 9.17) is 4.74 Å². The molecule has 0 radical (unpaired) electrons. The van der Waals surface area contributed by atoms with Gasteiger partial charge < -0.3 is 4.74 Å². The van der Waals surface area contributed by atoms with E-state index in [1.807, 2.05) is 30.3 Å². The van der Waals surface area contributed by atoms with E-state index in [1.165, 1.54) is 16.8 Å². The summed E-state index contributed by atoms with van der Waals surface area (Å²) in [6, 6.07) is 21.1. The molecule has 0 saturated heterocycles. The van der Waals surface area contributed by atoms with Gasteiger partial charge in [0.15, 0.2) is 9.84 Å². The molecule has 0 amide bonds. The molecule has 0 spiro atoms. The highest BCUT2D eigenvalue weighted by molar-refractivity contribution is 7.90. The molecule has 5 rings (SSSR count). The van der Waals surface area contributed by atoms with E-state index in [9.17, 15) is 18.0 Å². The van der Waals surface area contributed by atoms with Gasteiger partial charge in [-0.15, -0.1) is 0 Å². The predicted octanol–water partition coefficient (Wildman–Crippen LogP) is 3.70. The molecule has 1 aromatic heterocycles.